The SMILES string of the molecule is CCN(CC)CCCNS(C)(=O)=O.CCn1c2c(c3ccccc31)=CC1=[NH+]c3c(Cl)c4c(c(Cl)c3OC1C=2)[NH+]=C1C=c2c(n(CC)c3ccccc23)=CC1O4. The summed E-state index contributed by atoms with van der Waals surface area (Å²) in [4.78, 5) is 9.38. The van der Waals surface area contributed by atoms with E-state index in [0.29, 0.717) is 39.5 Å². The van der Waals surface area contributed by atoms with Gasteiger partial charge in [-0.15, -0.1) is 0 Å². The van der Waals surface area contributed by atoms with Crippen molar-refractivity contribution in [3.8, 4) is 11.5 Å². The highest BCUT2D eigenvalue weighted by molar-refractivity contribution is 7.88. The van der Waals surface area contributed by atoms with Gasteiger partial charge in [0.2, 0.25) is 45.2 Å². The Morgan fingerprint density at radius 2 is 1.20 bits per heavy atom. The number of para-hydroxylation sites is 2. The van der Waals surface area contributed by atoms with E-state index in [1.165, 1.54) is 38.5 Å². The van der Waals surface area contributed by atoms with Gasteiger partial charge in [0.05, 0.1) is 6.26 Å². The molecule has 5 aromatic rings. The number of hydrogen-bond acceptors (Lipinski definition) is 5. The third kappa shape index (κ3) is 6.69. The van der Waals surface area contributed by atoms with Crippen LogP contribution in [-0.2, 0) is 23.1 Å². The van der Waals surface area contributed by atoms with E-state index >= 15 is 0 Å². The number of ether oxygens (including phenoxy) is 2. The summed E-state index contributed by atoms with van der Waals surface area (Å²) in [5.41, 5.74) is 5.47. The van der Waals surface area contributed by atoms with Gasteiger partial charge in [0.1, 0.15) is 0 Å². The lowest BCUT2D eigenvalue weighted by molar-refractivity contribution is -0.367. The van der Waals surface area contributed by atoms with Crippen LogP contribution in [0.4, 0.5) is 11.4 Å². The molecule has 9 rings (SSSR count). The zero-order valence-electron chi connectivity index (χ0n) is 31.7. The Hall–Kier alpha value is -4.39. The van der Waals surface area contributed by atoms with Gasteiger partial charge in [0.15, 0.2) is 10.0 Å². The predicted molar refractivity (Wildman–Crippen MR) is 223 cm³/mol. The van der Waals surface area contributed by atoms with Crippen LogP contribution in [0.1, 0.15) is 34.1 Å². The first-order valence-electron chi connectivity index (χ1n) is 19.0. The first kappa shape index (κ1) is 37.5. The molecule has 2 aliphatic heterocycles. The fourth-order valence-corrected chi connectivity index (χ4v) is 9.19. The van der Waals surface area contributed by atoms with E-state index in [9.17, 15) is 8.42 Å². The van der Waals surface area contributed by atoms with Crippen LogP contribution in [0, 0.1) is 0 Å². The minimum absolute atomic E-state index is 0.326. The van der Waals surface area contributed by atoms with Crippen molar-refractivity contribution in [3.05, 3.63) is 79.7 Å². The maximum Gasteiger partial charge on any atom is 0.271 e. The molecule has 3 aromatic carbocycles. The highest BCUT2D eigenvalue weighted by atomic mass is 35.5. The zero-order chi connectivity index (χ0) is 38.6. The molecule has 4 aliphatic rings. The summed E-state index contributed by atoms with van der Waals surface area (Å²) in [7, 11) is -3.00. The quantitative estimate of drug-likeness (QED) is 0.197. The molecule has 0 radical (unpaired) electrons. The average Bonchev–Trinajstić information content (AvgIpc) is 3.67. The van der Waals surface area contributed by atoms with E-state index in [-0.39, 0.29) is 12.2 Å². The number of hydrogen-bond donors (Lipinski definition) is 3. The van der Waals surface area contributed by atoms with Gasteiger partial charge in [-0.1, -0.05) is 73.4 Å². The number of aryl methyl sites for hydroxylation is 2. The van der Waals surface area contributed by atoms with Gasteiger partial charge in [-0.05, 0) is 64.2 Å². The molecule has 2 aromatic heterocycles. The molecule has 10 nitrogen and oxygen atoms in total. The lowest BCUT2D eigenvalue weighted by Gasteiger charge is -2.25. The Labute approximate surface area is 330 Å². The fraction of sp³-hybridized carbons (Fsp3) is 0.333. The third-order valence-corrected chi connectivity index (χ3v) is 12.2. The van der Waals surface area contributed by atoms with Gasteiger partial charge in [-0.25, -0.2) is 23.1 Å². The summed E-state index contributed by atoms with van der Waals surface area (Å²) < 4.78 is 41.7. The van der Waals surface area contributed by atoms with E-state index < -0.39 is 10.0 Å². The lowest BCUT2D eigenvalue weighted by Crippen LogP contribution is -2.74. The van der Waals surface area contributed by atoms with Gasteiger partial charge >= 0.3 is 0 Å². The molecule has 4 heterocycles. The number of nitrogens with one attached hydrogen (secondary N) is 3. The molecule has 0 amide bonds. The van der Waals surface area contributed by atoms with Crippen LogP contribution in [-0.4, -0.2) is 78.5 Å². The average molecular weight is 802 g/mol. The Morgan fingerprint density at radius 3 is 1.62 bits per heavy atom. The smallest absolute Gasteiger partial charge is 0.271 e. The molecule has 3 N–H and O–H groups in total. The molecular weight excluding hydrogens is 755 g/mol. The Morgan fingerprint density at radius 1 is 0.745 bits per heavy atom. The van der Waals surface area contributed by atoms with Gasteiger partial charge in [-0.2, -0.15) is 0 Å². The van der Waals surface area contributed by atoms with Crippen molar-refractivity contribution < 1.29 is 27.9 Å². The molecule has 13 heteroatoms. The molecule has 2 unspecified atom stereocenters. The van der Waals surface area contributed by atoms with Crippen LogP contribution >= 0.6 is 23.2 Å². The second-order valence-corrected chi connectivity index (χ2v) is 16.7. The van der Waals surface area contributed by atoms with Crippen LogP contribution in [0.3, 0.4) is 0 Å². The van der Waals surface area contributed by atoms with Crippen LogP contribution in [0.2, 0.25) is 10.0 Å². The van der Waals surface area contributed by atoms with Gasteiger partial charge < -0.3 is 23.5 Å². The van der Waals surface area contributed by atoms with Gasteiger partial charge in [-0.3, -0.25) is 0 Å². The first-order chi connectivity index (χ1) is 26.5. The summed E-state index contributed by atoms with van der Waals surface area (Å²) in [5.74, 6) is 1.03. The van der Waals surface area contributed by atoms with Crippen molar-refractivity contribution in [3.63, 3.8) is 0 Å². The van der Waals surface area contributed by atoms with Crippen LogP contribution < -0.4 is 45.3 Å². The van der Waals surface area contributed by atoms with E-state index in [1.807, 2.05) is 0 Å². The lowest BCUT2D eigenvalue weighted by atomic mass is 10.0. The monoisotopic (exact) mass is 800 g/mol. The van der Waals surface area contributed by atoms with E-state index in [0.717, 1.165) is 61.3 Å². The molecule has 0 spiro atoms. The van der Waals surface area contributed by atoms with E-state index in [2.05, 4.69) is 129 Å². The molecule has 0 fully saturated rings. The summed E-state index contributed by atoms with van der Waals surface area (Å²) in [6.07, 6.45) is 10.1. The Bertz CT molecular complexity index is 2630. The number of nitrogens with zero attached hydrogens (tertiary/aromatic N) is 3. The Kier molecular flexibility index (Phi) is 10.2. The first-order valence-corrected chi connectivity index (χ1v) is 21.6. The van der Waals surface area contributed by atoms with Crippen molar-refractivity contribution in [1.82, 2.24) is 18.8 Å². The maximum absolute atomic E-state index is 10.7. The Balaban J connectivity index is 0.000000285. The molecule has 55 heavy (non-hydrogen) atoms. The van der Waals surface area contributed by atoms with E-state index in [4.69, 9.17) is 32.7 Å². The van der Waals surface area contributed by atoms with Crippen molar-refractivity contribution in [2.24, 2.45) is 0 Å². The fourth-order valence-electron chi connectivity index (χ4n) is 8.13. The highest BCUT2D eigenvalue weighted by Crippen LogP contribution is 2.49. The van der Waals surface area contributed by atoms with Crippen molar-refractivity contribution in [1.29, 1.82) is 0 Å². The second kappa shape index (κ2) is 14.9. The minimum atomic E-state index is -3.00. The van der Waals surface area contributed by atoms with Gasteiger partial charge in [0, 0.05) is 74.7 Å². The molecule has 286 valence electrons. The van der Waals surface area contributed by atoms with Crippen molar-refractivity contribution in [2.75, 3.05) is 32.4 Å². The number of sulfonamides is 1. The summed E-state index contributed by atoms with van der Waals surface area (Å²) in [6.45, 7) is 13.8. The van der Waals surface area contributed by atoms with Crippen molar-refractivity contribution >= 4 is 102 Å². The van der Waals surface area contributed by atoms with Crippen molar-refractivity contribution in [2.45, 2.75) is 59.4 Å². The summed E-state index contributed by atoms with van der Waals surface area (Å²) >= 11 is 14.2. The highest BCUT2D eigenvalue weighted by Gasteiger charge is 2.42. The molecule has 0 bridgehead atoms. The minimum Gasteiger partial charge on any atom is -0.467 e. The molecule has 2 atom stereocenters. The number of aromatic nitrogens is 2. The molecule has 2 aliphatic carbocycles. The number of halogens is 2. The standard InChI is InChI=1S/C34H24Cl2N4O2.C8H20N2O2S/c1-3-39-23-11-7-5-9-17(23)19-13-21-27(15-25(19)39)41-33-29(35)32-34(30(36)31(33)37-21)42-28-16-26-20(14-22(28)38-32)18-10-6-8-12-24(18)40(26)4-2;1-4-10(5-2)8-6-7-9-13(3,11)12/h5-16,27-28H,3-4H2,1-2H3;9H,4-8H2,1-3H3/p+2. The largest absolute Gasteiger partial charge is 0.467 e. The summed E-state index contributed by atoms with van der Waals surface area (Å²) in [6, 6.07) is 17.0. The maximum atomic E-state index is 10.7. The van der Waals surface area contributed by atoms with Crippen LogP contribution in [0.5, 0.6) is 11.5 Å². The third-order valence-electron chi connectivity index (χ3n) is 10.8. The number of benzene rings is 3. The van der Waals surface area contributed by atoms with Crippen LogP contribution in [0.25, 0.3) is 46.1 Å². The van der Waals surface area contributed by atoms with Gasteiger partial charge in [0.25, 0.3) is 11.4 Å². The molecule has 0 saturated heterocycles. The number of rotatable bonds is 9. The summed E-state index contributed by atoms with van der Waals surface area (Å²) in [5, 5.41) is 7.93. The zero-order valence-corrected chi connectivity index (χ0v) is 34.0. The van der Waals surface area contributed by atoms with E-state index in [1.54, 1.807) is 0 Å². The second-order valence-electron chi connectivity index (χ2n) is 14.1. The number of fused-ring (bicyclic) bond motifs is 10. The predicted octanol–water partition coefficient (Wildman–Crippen LogP) is 1.59. The molecule has 0 saturated carbocycles. The topological polar surface area (TPSA) is 106 Å². The molecular formula is C42H46Cl2N6O4S+2. The normalized spacial score (nSPS) is 17.5. The van der Waals surface area contributed by atoms with Crippen LogP contribution in [0.15, 0.2) is 48.5 Å².